The Bertz CT molecular complexity index is 948. The van der Waals surface area contributed by atoms with E-state index in [1.165, 1.54) is 23.1 Å². The monoisotopic (exact) mass is 388 g/mol. The quantitative estimate of drug-likeness (QED) is 0.339. The molecule has 0 fully saturated rings. The summed E-state index contributed by atoms with van der Waals surface area (Å²) in [6, 6.07) is 15.3. The number of Topliss-reactive ketones (excluding diaryl/α,β-unsaturated/α-hetero) is 1. The van der Waals surface area contributed by atoms with Crippen LogP contribution in [0.3, 0.4) is 0 Å². The molecule has 0 N–H and O–H groups in total. The van der Waals surface area contributed by atoms with Crippen LogP contribution in [-0.4, -0.2) is 28.4 Å². The van der Waals surface area contributed by atoms with Crippen LogP contribution in [0.1, 0.15) is 15.9 Å². The second-order valence-electron chi connectivity index (χ2n) is 5.30. The lowest BCUT2D eigenvalue weighted by Gasteiger charge is -2.07. The number of rotatable bonds is 6. The van der Waals surface area contributed by atoms with E-state index in [9.17, 15) is 4.79 Å². The molecule has 0 atom stereocenters. The molecule has 0 unspecified atom stereocenters. The fraction of sp³-hybridized carbons (Fsp3) is 0.167. The molecule has 0 radical (unpaired) electrons. The maximum atomic E-state index is 12.6. The van der Waals surface area contributed by atoms with E-state index in [4.69, 9.17) is 17.0 Å². The molecule has 1 aromatic heterocycles. The highest BCUT2D eigenvalue weighted by Gasteiger charge is 2.15. The zero-order valence-electron chi connectivity index (χ0n) is 13.8. The van der Waals surface area contributed by atoms with E-state index in [0.717, 1.165) is 15.6 Å². The van der Waals surface area contributed by atoms with Crippen LogP contribution in [0.2, 0.25) is 0 Å². The molecule has 0 saturated carbocycles. The van der Waals surface area contributed by atoms with Crippen molar-refractivity contribution in [2.45, 2.75) is 11.3 Å². The van der Waals surface area contributed by atoms with Crippen molar-refractivity contribution < 1.29 is 9.53 Å². The summed E-state index contributed by atoms with van der Waals surface area (Å²) in [7, 11) is 1.57. The molecule has 7 heteroatoms. The van der Waals surface area contributed by atoms with Gasteiger partial charge in [0.25, 0.3) is 0 Å². The highest BCUT2D eigenvalue weighted by molar-refractivity contribution is 8.01. The van der Waals surface area contributed by atoms with Gasteiger partial charge in [0.15, 0.2) is 14.1 Å². The normalized spacial score (nSPS) is 10.6. The van der Waals surface area contributed by atoms with Gasteiger partial charge in [-0.05, 0) is 43.4 Å². The van der Waals surface area contributed by atoms with Crippen LogP contribution < -0.4 is 4.74 Å². The number of nitrogens with zero attached hydrogens (tertiary/aromatic N) is 2. The lowest BCUT2D eigenvalue weighted by molar-refractivity contribution is 0.101. The highest BCUT2D eigenvalue weighted by Crippen LogP contribution is 2.27. The third-order valence-electron chi connectivity index (χ3n) is 3.51. The van der Waals surface area contributed by atoms with Crippen LogP contribution in [0.25, 0.3) is 5.69 Å². The molecule has 2 aromatic carbocycles. The van der Waals surface area contributed by atoms with Crippen molar-refractivity contribution in [1.29, 1.82) is 0 Å². The number of ketones is 1. The summed E-state index contributed by atoms with van der Waals surface area (Å²) in [4.78, 5) is 12.6. The van der Waals surface area contributed by atoms with E-state index in [-0.39, 0.29) is 11.5 Å². The topological polar surface area (TPSA) is 44.1 Å². The van der Waals surface area contributed by atoms with Crippen molar-refractivity contribution in [3.8, 4) is 11.4 Å². The minimum absolute atomic E-state index is 0.0120. The van der Waals surface area contributed by atoms with Crippen LogP contribution >= 0.6 is 35.3 Å². The summed E-state index contributed by atoms with van der Waals surface area (Å²) in [5.41, 5.74) is 2.54. The standard InChI is InChI=1S/C18H16N2O2S3/c1-12-8-9-16(22-2)14(10-12)15(21)11-24-17-19-20(18(23)25-17)13-6-4-3-5-7-13/h3-10H,11H2,1-2H3. The Hall–Kier alpha value is -1.96. The van der Waals surface area contributed by atoms with E-state index in [1.54, 1.807) is 11.8 Å². The highest BCUT2D eigenvalue weighted by atomic mass is 32.2. The maximum Gasteiger partial charge on any atom is 0.184 e. The number of benzene rings is 2. The van der Waals surface area contributed by atoms with Crippen LogP contribution in [0.5, 0.6) is 5.75 Å². The van der Waals surface area contributed by atoms with Crippen LogP contribution in [0, 0.1) is 10.9 Å². The molecule has 128 valence electrons. The molecule has 0 aliphatic heterocycles. The van der Waals surface area contributed by atoms with E-state index in [1.807, 2.05) is 55.5 Å². The van der Waals surface area contributed by atoms with Crippen molar-refractivity contribution in [3.05, 3.63) is 63.6 Å². The van der Waals surface area contributed by atoms with Gasteiger partial charge in [-0.3, -0.25) is 4.79 Å². The van der Waals surface area contributed by atoms with E-state index < -0.39 is 0 Å². The summed E-state index contributed by atoms with van der Waals surface area (Å²) < 4.78 is 8.45. The number of ether oxygens (including phenoxy) is 1. The van der Waals surface area contributed by atoms with Crippen LogP contribution in [0.15, 0.2) is 52.9 Å². The number of para-hydroxylation sites is 1. The Labute approximate surface area is 159 Å². The predicted octanol–water partition coefficient (Wildman–Crippen LogP) is 4.96. The number of thioether (sulfide) groups is 1. The van der Waals surface area contributed by atoms with Crippen molar-refractivity contribution in [3.63, 3.8) is 0 Å². The van der Waals surface area contributed by atoms with Gasteiger partial charge in [0.05, 0.1) is 24.1 Å². The first kappa shape index (κ1) is 17.8. The Morgan fingerprint density at radius 1 is 1.28 bits per heavy atom. The number of hydrogen-bond acceptors (Lipinski definition) is 6. The van der Waals surface area contributed by atoms with Crippen molar-refractivity contribution >= 4 is 41.1 Å². The molecular formula is C18H16N2O2S3. The van der Waals surface area contributed by atoms with Gasteiger partial charge in [0.1, 0.15) is 5.75 Å². The lowest BCUT2D eigenvalue weighted by Crippen LogP contribution is -2.05. The number of carbonyl (C=O) groups excluding carboxylic acids is 1. The summed E-state index contributed by atoms with van der Waals surface area (Å²) in [5.74, 6) is 0.897. The van der Waals surface area contributed by atoms with E-state index in [2.05, 4.69) is 5.10 Å². The fourth-order valence-corrected chi connectivity index (χ4v) is 4.54. The van der Waals surface area contributed by atoms with Crippen molar-refractivity contribution in [2.75, 3.05) is 12.9 Å². The average Bonchev–Trinajstić information content (AvgIpc) is 3.01. The van der Waals surface area contributed by atoms with Gasteiger partial charge in [0, 0.05) is 0 Å². The summed E-state index contributed by atoms with van der Waals surface area (Å²) in [5, 5.41) is 4.52. The van der Waals surface area contributed by atoms with Gasteiger partial charge in [0.2, 0.25) is 0 Å². The van der Waals surface area contributed by atoms with Gasteiger partial charge in [-0.15, -0.1) is 5.10 Å². The first-order valence-corrected chi connectivity index (χ1v) is 9.76. The zero-order chi connectivity index (χ0) is 17.8. The molecule has 0 aliphatic carbocycles. The number of aromatic nitrogens is 2. The number of aryl methyl sites for hydroxylation is 1. The molecule has 25 heavy (non-hydrogen) atoms. The Balaban J connectivity index is 1.75. The third-order valence-corrected chi connectivity index (χ3v) is 5.88. The molecule has 0 saturated heterocycles. The summed E-state index contributed by atoms with van der Waals surface area (Å²) in [6.45, 7) is 1.95. The van der Waals surface area contributed by atoms with E-state index >= 15 is 0 Å². The summed E-state index contributed by atoms with van der Waals surface area (Å²) >= 11 is 8.18. The smallest absolute Gasteiger partial charge is 0.184 e. The number of methoxy groups -OCH3 is 1. The SMILES string of the molecule is COc1ccc(C)cc1C(=O)CSc1nn(-c2ccccc2)c(=S)s1. The third kappa shape index (κ3) is 4.18. The second-order valence-corrected chi connectivity index (χ2v) is 8.14. The number of hydrogen-bond donors (Lipinski definition) is 0. The molecule has 0 bridgehead atoms. The molecule has 0 aliphatic rings. The first-order chi connectivity index (χ1) is 12.1. The van der Waals surface area contributed by atoms with E-state index in [0.29, 0.717) is 15.3 Å². The van der Waals surface area contributed by atoms with Crippen molar-refractivity contribution in [2.24, 2.45) is 0 Å². The minimum Gasteiger partial charge on any atom is -0.496 e. The molecule has 0 spiro atoms. The van der Waals surface area contributed by atoms with Gasteiger partial charge >= 0.3 is 0 Å². The molecule has 3 rings (SSSR count). The zero-order valence-corrected chi connectivity index (χ0v) is 16.2. The van der Waals surface area contributed by atoms with Crippen molar-refractivity contribution in [1.82, 2.24) is 9.78 Å². The molecule has 1 heterocycles. The Kier molecular flexibility index (Phi) is 5.67. The van der Waals surface area contributed by atoms with Crippen LogP contribution in [-0.2, 0) is 0 Å². The Morgan fingerprint density at radius 2 is 2.04 bits per heavy atom. The molecular weight excluding hydrogens is 372 g/mol. The van der Waals surface area contributed by atoms with Gasteiger partial charge in [-0.25, -0.2) is 4.68 Å². The number of carbonyl (C=O) groups is 1. The Morgan fingerprint density at radius 3 is 2.76 bits per heavy atom. The van der Waals surface area contributed by atoms with Gasteiger partial charge in [-0.2, -0.15) is 0 Å². The maximum absolute atomic E-state index is 12.6. The molecule has 3 aromatic rings. The first-order valence-electron chi connectivity index (χ1n) is 7.54. The fourth-order valence-electron chi connectivity index (χ4n) is 2.30. The van der Waals surface area contributed by atoms with Gasteiger partial charge < -0.3 is 4.74 Å². The average molecular weight is 389 g/mol. The van der Waals surface area contributed by atoms with Crippen LogP contribution in [0.4, 0.5) is 0 Å². The predicted molar refractivity (Wildman–Crippen MR) is 105 cm³/mol. The molecule has 0 amide bonds. The second kappa shape index (κ2) is 7.95. The molecule has 4 nitrogen and oxygen atoms in total. The lowest BCUT2D eigenvalue weighted by atomic mass is 10.1. The minimum atomic E-state index is 0.0120. The largest absolute Gasteiger partial charge is 0.496 e. The van der Waals surface area contributed by atoms with Gasteiger partial charge in [-0.1, -0.05) is 52.9 Å². The summed E-state index contributed by atoms with van der Waals surface area (Å²) in [6.07, 6.45) is 0.